The van der Waals surface area contributed by atoms with Gasteiger partial charge in [-0.25, -0.2) is 9.97 Å². The number of ether oxygens (including phenoxy) is 1. The van der Waals surface area contributed by atoms with Crippen molar-refractivity contribution in [2.45, 2.75) is 31.1 Å². The third-order valence-corrected chi connectivity index (χ3v) is 6.80. The summed E-state index contributed by atoms with van der Waals surface area (Å²) in [5.41, 5.74) is 0.807. The summed E-state index contributed by atoms with van der Waals surface area (Å²) in [6.07, 6.45) is 6.72. The van der Waals surface area contributed by atoms with Crippen molar-refractivity contribution in [2.75, 3.05) is 37.7 Å². The van der Waals surface area contributed by atoms with Gasteiger partial charge in [0.1, 0.15) is 0 Å². The molecule has 0 bridgehead atoms. The van der Waals surface area contributed by atoms with Gasteiger partial charge >= 0.3 is 0 Å². The Hall–Kier alpha value is -1.89. The molecule has 160 valence electrons. The predicted molar refractivity (Wildman–Crippen MR) is 118 cm³/mol. The Morgan fingerprint density at radius 2 is 1.87 bits per heavy atom. The smallest absolute Gasteiger partial charge is 0.225 e. The van der Waals surface area contributed by atoms with E-state index >= 15 is 0 Å². The van der Waals surface area contributed by atoms with Crippen LogP contribution in [-0.2, 0) is 14.9 Å². The lowest BCUT2D eigenvalue weighted by Crippen LogP contribution is -2.48. The number of piperidine rings is 1. The van der Waals surface area contributed by atoms with Gasteiger partial charge in [-0.15, -0.1) is 0 Å². The standard InChI is InChI=1S/C22H26Cl2N4O2/c23-17-2-3-18(19(24)14-17)22(6-12-30-13-7-22)15-27-20(29)16-4-10-28(11-5-16)21-25-8-1-9-26-21/h1-3,8-9,14,16H,4-7,10-13,15H2,(H,27,29). The number of amides is 1. The van der Waals surface area contributed by atoms with Crippen LogP contribution in [-0.4, -0.2) is 48.7 Å². The predicted octanol–water partition coefficient (Wildman–Crippen LogP) is 3.86. The fourth-order valence-corrected chi connectivity index (χ4v) is 5.03. The number of hydrogen-bond donors (Lipinski definition) is 1. The number of benzene rings is 1. The van der Waals surface area contributed by atoms with Crippen molar-refractivity contribution in [1.29, 1.82) is 0 Å². The minimum atomic E-state index is -0.228. The second kappa shape index (κ2) is 9.50. The maximum Gasteiger partial charge on any atom is 0.225 e. The van der Waals surface area contributed by atoms with Crippen LogP contribution in [0.4, 0.5) is 5.95 Å². The highest BCUT2D eigenvalue weighted by Gasteiger charge is 2.37. The summed E-state index contributed by atoms with van der Waals surface area (Å²) < 4.78 is 5.59. The molecule has 1 N–H and O–H groups in total. The van der Waals surface area contributed by atoms with E-state index < -0.39 is 0 Å². The van der Waals surface area contributed by atoms with Gasteiger partial charge in [-0.2, -0.15) is 0 Å². The molecule has 0 unspecified atom stereocenters. The Labute approximate surface area is 186 Å². The van der Waals surface area contributed by atoms with E-state index in [0.29, 0.717) is 29.8 Å². The number of carbonyl (C=O) groups excluding carboxylic acids is 1. The zero-order valence-electron chi connectivity index (χ0n) is 16.8. The second-order valence-corrected chi connectivity index (χ2v) is 8.89. The van der Waals surface area contributed by atoms with E-state index in [1.165, 1.54) is 0 Å². The van der Waals surface area contributed by atoms with Crippen LogP contribution in [0.1, 0.15) is 31.2 Å². The van der Waals surface area contributed by atoms with Crippen molar-refractivity contribution in [3.05, 3.63) is 52.3 Å². The Kier molecular flexibility index (Phi) is 6.76. The molecule has 0 saturated carbocycles. The molecule has 8 heteroatoms. The summed E-state index contributed by atoms with van der Waals surface area (Å²) in [4.78, 5) is 23.7. The first-order valence-corrected chi connectivity index (χ1v) is 11.2. The van der Waals surface area contributed by atoms with Gasteiger partial charge in [0.25, 0.3) is 0 Å². The van der Waals surface area contributed by atoms with Crippen molar-refractivity contribution in [1.82, 2.24) is 15.3 Å². The molecule has 3 heterocycles. The minimum absolute atomic E-state index is 0.00235. The molecule has 30 heavy (non-hydrogen) atoms. The lowest BCUT2D eigenvalue weighted by Gasteiger charge is -2.39. The third kappa shape index (κ3) is 4.71. The third-order valence-electron chi connectivity index (χ3n) is 6.25. The summed E-state index contributed by atoms with van der Waals surface area (Å²) in [6, 6.07) is 7.44. The van der Waals surface area contributed by atoms with Gasteiger partial charge < -0.3 is 15.0 Å². The molecule has 0 radical (unpaired) electrons. The van der Waals surface area contributed by atoms with Crippen molar-refractivity contribution in [3.63, 3.8) is 0 Å². The number of rotatable bonds is 5. The van der Waals surface area contributed by atoms with Crippen LogP contribution in [0, 0.1) is 5.92 Å². The first-order valence-electron chi connectivity index (χ1n) is 10.4. The Balaban J connectivity index is 1.39. The van der Waals surface area contributed by atoms with E-state index in [1.807, 2.05) is 18.2 Å². The number of nitrogens with one attached hydrogen (secondary N) is 1. The van der Waals surface area contributed by atoms with E-state index in [1.54, 1.807) is 18.5 Å². The molecular formula is C22H26Cl2N4O2. The molecular weight excluding hydrogens is 423 g/mol. The largest absolute Gasteiger partial charge is 0.381 e. The van der Waals surface area contributed by atoms with Crippen LogP contribution >= 0.6 is 23.2 Å². The van der Waals surface area contributed by atoms with Crippen molar-refractivity contribution in [2.24, 2.45) is 5.92 Å². The van der Waals surface area contributed by atoms with Gasteiger partial charge in [-0.3, -0.25) is 4.79 Å². The molecule has 2 fully saturated rings. The number of anilines is 1. The average molecular weight is 449 g/mol. The summed E-state index contributed by atoms with van der Waals surface area (Å²) in [6.45, 7) is 3.43. The zero-order chi connectivity index (χ0) is 21.0. The number of nitrogens with zero attached hydrogens (tertiary/aromatic N) is 3. The highest BCUT2D eigenvalue weighted by atomic mass is 35.5. The van der Waals surface area contributed by atoms with Crippen LogP contribution in [0.25, 0.3) is 0 Å². The van der Waals surface area contributed by atoms with Gasteiger partial charge in [0.05, 0.1) is 0 Å². The second-order valence-electron chi connectivity index (χ2n) is 8.04. The zero-order valence-corrected chi connectivity index (χ0v) is 18.3. The van der Waals surface area contributed by atoms with E-state index in [9.17, 15) is 4.79 Å². The molecule has 0 aliphatic carbocycles. The number of hydrogen-bond acceptors (Lipinski definition) is 5. The average Bonchev–Trinajstić information content (AvgIpc) is 2.79. The van der Waals surface area contributed by atoms with Gasteiger partial charge in [0, 0.05) is 66.6 Å². The first-order chi connectivity index (χ1) is 14.6. The van der Waals surface area contributed by atoms with Crippen molar-refractivity contribution in [3.8, 4) is 0 Å². The van der Waals surface area contributed by atoms with Gasteiger partial charge in [-0.1, -0.05) is 29.3 Å². The van der Waals surface area contributed by atoms with E-state index in [2.05, 4.69) is 20.2 Å². The molecule has 0 spiro atoms. The van der Waals surface area contributed by atoms with Crippen LogP contribution in [0.15, 0.2) is 36.7 Å². The Morgan fingerprint density at radius 1 is 1.17 bits per heavy atom. The van der Waals surface area contributed by atoms with E-state index in [-0.39, 0.29) is 17.2 Å². The van der Waals surface area contributed by atoms with Gasteiger partial charge in [0.15, 0.2) is 0 Å². The summed E-state index contributed by atoms with van der Waals surface area (Å²) in [5.74, 6) is 0.844. The SMILES string of the molecule is O=C(NCC1(c2ccc(Cl)cc2Cl)CCOCC1)C1CCN(c2ncccn2)CC1. The number of halogens is 2. The summed E-state index contributed by atoms with van der Waals surface area (Å²) >= 11 is 12.6. The van der Waals surface area contributed by atoms with Crippen LogP contribution in [0.5, 0.6) is 0 Å². The fourth-order valence-electron chi connectivity index (χ4n) is 4.42. The maximum atomic E-state index is 13.0. The topological polar surface area (TPSA) is 67.3 Å². The maximum absolute atomic E-state index is 13.0. The quantitative estimate of drug-likeness (QED) is 0.751. The fraction of sp³-hybridized carbons (Fsp3) is 0.500. The molecule has 0 atom stereocenters. The Morgan fingerprint density at radius 3 is 2.53 bits per heavy atom. The molecule has 2 aromatic rings. The molecule has 2 aliphatic heterocycles. The van der Waals surface area contributed by atoms with E-state index in [4.69, 9.17) is 27.9 Å². The number of aromatic nitrogens is 2. The highest BCUT2D eigenvalue weighted by Crippen LogP contribution is 2.39. The molecule has 4 rings (SSSR count). The molecule has 2 saturated heterocycles. The molecule has 2 aliphatic rings. The molecule has 1 aromatic carbocycles. The first kappa shape index (κ1) is 21.3. The van der Waals surface area contributed by atoms with Crippen LogP contribution in [0.3, 0.4) is 0 Å². The number of carbonyl (C=O) groups is 1. The lowest BCUT2D eigenvalue weighted by molar-refractivity contribution is -0.126. The van der Waals surface area contributed by atoms with Crippen molar-refractivity contribution >= 4 is 35.1 Å². The van der Waals surface area contributed by atoms with Crippen LogP contribution < -0.4 is 10.2 Å². The van der Waals surface area contributed by atoms with Crippen LogP contribution in [0.2, 0.25) is 10.0 Å². The minimum Gasteiger partial charge on any atom is -0.381 e. The normalized spacial score (nSPS) is 19.5. The summed E-state index contributed by atoms with van der Waals surface area (Å²) in [5, 5.41) is 4.48. The molecule has 6 nitrogen and oxygen atoms in total. The highest BCUT2D eigenvalue weighted by molar-refractivity contribution is 6.35. The van der Waals surface area contributed by atoms with Crippen molar-refractivity contribution < 1.29 is 9.53 Å². The monoisotopic (exact) mass is 448 g/mol. The molecule has 1 aromatic heterocycles. The Bertz CT molecular complexity index is 867. The van der Waals surface area contributed by atoms with E-state index in [0.717, 1.165) is 50.3 Å². The summed E-state index contributed by atoms with van der Waals surface area (Å²) in [7, 11) is 0. The lowest BCUT2D eigenvalue weighted by atomic mass is 9.74. The van der Waals surface area contributed by atoms with Gasteiger partial charge in [0.2, 0.25) is 11.9 Å². The molecule has 1 amide bonds. The van der Waals surface area contributed by atoms with Gasteiger partial charge in [-0.05, 0) is 49.4 Å².